The Morgan fingerprint density at radius 2 is 1.83 bits per heavy atom. The van der Waals surface area contributed by atoms with Crippen LogP contribution in [0.3, 0.4) is 0 Å². The molecule has 4 atom stereocenters. The van der Waals surface area contributed by atoms with Crippen LogP contribution in [-0.2, 0) is 9.53 Å². The Morgan fingerprint density at radius 3 is 2.54 bits per heavy atom. The molecule has 1 unspecified atom stereocenters. The van der Waals surface area contributed by atoms with Crippen molar-refractivity contribution in [2.24, 2.45) is 11.3 Å². The number of ether oxygens (including phenoxy) is 3. The second kappa shape index (κ2) is 9.87. The number of hydrogen-bond acceptors (Lipinski definition) is 5. The van der Waals surface area contributed by atoms with Crippen molar-refractivity contribution in [1.29, 1.82) is 0 Å². The van der Waals surface area contributed by atoms with Crippen LogP contribution in [-0.4, -0.2) is 65.6 Å². The van der Waals surface area contributed by atoms with Crippen LogP contribution in [0.1, 0.15) is 43.6 Å². The number of nitrogen functional groups attached to an aromatic ring is 1. The van der Waals surface area contributed by atoms with E-state index in [1.54, 1.807) is 14.2 Å². The van der Waals surface area contributed by atoms with E-state index in [2.05, 4.69) is 41.0 Å². The minimum atomic E-state index is -0.110. The van der Waals surface area contributed by atoms with Gasteiger partial charge in [0.2, 0.25) is 0 Å². The topological polar surface area (TPSA) is 73.8 Å². The van der Waals surface area contributed by atoms with E-state index in [4.69, 9.17) is 19.9 Å². The SMILES string of the molecule is COC(=O)C[C@]12CC[C@@H]3C1=[N+](CC[C@H]3c1cc(OC)c(OC)cc1N)CC([Se]c1ccccc1)C2. The van der Waals surface area contributed by atoms with Crippen molar-refractivity contribution < 1.29 is 23.6 Å². The van der Waals surface area contributed by atoms with Crippen LogP contribution in [0.25, 0.3) is 0 Å². The first-order valence-electron chi connectivity index (χ1n) is 12.4. The maximum atomic E-state index is 12.7. The maximum absolute atomic E-state index is 12.7. The average Bonchev–Trinajstić information content (AvgIpc) is 3.24. The summed E-state index contributed by atoms with van der Waals surface area (Å²) in [6.45, 7) is 2.08. The van der Waals surface area contributed by atoms with Crippen molar-refractivity contribution in [3.05, 3.63) is 48.0 Å². The number of rotatable bonds is 7. The Balaban J connectivity index is 1.51. The van der Waals surface area contributed by atoms with Gasteiger partial charge >= 0.3 is 214 Å². The van der Waals surface area contributed by atoms with E-state index in [1.807, 2.05) is 6.07 Å². The van der Waals surface area contributed by atoms with Crippen molar-refractivity contribution in [3.8, 4) is 11.5 Å². The average molecular weight is 543 g/mol. The molecule has 0 amide bonds. The van der Waals surface area contributed by atoms with Gasteiger partial charge in [-0.05, 0) is 0 Å². The third-order valence-electron chi connectivity index (χ3n) is 8.15. The monoisotopic (exact) mass is 543 g/mol. The molecule has 35 heavy (non-hydrogen) atoms. The van der Waals surface area contributed by atoms with Crippen LogP contribution in [0, 0.1) is 11.3 Å². The summed E-state index contributed by atoms with van der Waals surface area (Å²) in [6.07, 6.45) is 4.69. The van der Waals surface area contributed by atoms with Gasteiger partial charge in [-0.3, -0.25) is 0 Å². The molecule has 7 heteroatoms. The fourth-order valence-corrected chi connectivity index (χ4v) is 9.63. The molecule has 2 aromatic carbocycles. The molecule has 2 N–H and O–H groups in total. The number of anilines is 1. The molecule has 0 radical (unpaired) electrons. The fraction of sp³-hybridized carbons (Fsp3) is 0.500. The number of carbonyl (C=O) groups excluding carboxylic acids is 1. The van der Waals surface area contributed by atoms with Crippen LogP contribution in [0.15, 0.2) is 42.5 Å². The van der Waals surface area contributed by atoms with Crippen molar-refractivity contribution >= 4 is 36.8 Å². The summed E-state index contributed by atoms with van der Waals surface area (Å²) in [6, 6.07) is 14.8. The molecule has 186 valence electrons. The second-order valence-corrected chi connectivity index (χ2v) is 12.9. The first kappa shape index (κ1) is 24.2. The van der Waals surface area contributed by atoms with E-state index >= 15 is 0 Å². The summed E-state index contributed by atoms with van der Waals surface area (Å²) < 4.78 is 20.3. The molecule has 5 rings (SSSR count). The van der Waals surface area contributed by atoms with E-state index in [9.17, 15) is 4.79 Å². The summed E-state index contributed by atoms with van der Waals surface area (Å²) in [5.74, 6) is 1.99. The molecule has 1 fully saturated rings. The zero-order valence-corrected chi connectivity index (χ0v) is 22.5. The van der Waals surface area contributed by atoms with E-state index in [0.29, 0.717) is 43.8 Å². The predicted octanol–water partition coefficient (Wildman–Crippen LogP) is 3.41. The standard InChI is InChI=1S/C28H35N2O4Se/c1-32-24-13-22(23(29)14-25(24)33-2)20-10-12-30-17-19(35-18-7-5-4-6-8-18)15-28(16-26(31)34-3)11-9-21(20)27(28)30/h4-8,13-14,19-21H,9-12,15-17,29H2,1-3H3/q+1/t19?,20-,21+,28-/m1/s1. The number of hydrogen-bond donors (Lipinski definition) is 1. The van der Waals surface area contributed by atoms with Gasteiger partial charge < -0.3 is 0 Å². The third-order valence-corrected chi connectivity index (χ3v) is 10.7. The van der Waals surface area contributed by atoms with Gasteiger partial charge in [0.05, 0.1) is 0 Å². The number of nitrogens with two attached hydrogens (primary N) is 1. The zero-order valence-electron chi connectivity index (χ0n) is 20.8. The van der Waals surface area contributed by atoms with E-state index in [1.165, 1.54) is 17.3 Å². The summed E-state index contributed by atoms with van der Waals surface area (Å²) in [5, 5.41) is 0. The van der Waals surface area contributed by atoms with Gasteiger partial charge in [-0.2, -0.15) is 0 Å². The molecule has 0 aromatic heterocycles. The molecule has 2 aromatic rings. The quantitative estimate of drug-likeness (QED) is 0.251. The Labute approximate surface area is 214 Å². The summed E-state index contributed by atoms with van der Waals surface area (Å²) in [4.78, 5) is 13.2. The first-order chi connectivity index (χ1) is 17.0. The van der Waals surface area contributed by atoms with Gasteiger partial charge in [-0.1, -0.05) is 0 Å². The van der Waals surface area contributed by atoms with Crippen molar-refractivity contribution in [3.63, 3.8) is 0 Å². The molecule has 2 heterocycles. The Hall–Kier alpha value is -2.50. The fourth-order valence-electron chi connectivity index (χ4n) is 6.78. The minimum absolute atomic E-state index is 0.0984. The summed E-state index contributed by atoms with van der Waals surface area (Å²) in [5.41, 5.74) is 9.83. The van der Waals surface area contributed by atoms with Crippen LogP contribution in [0.5, 0.6) is 11.5 Å². The van der Waals surface area contributed by atoms with Crippen LogP contribution < -0.4 is 19.7 Å². The van der Waals surface area contributed by atoms with Gasteiger partial charge in [-0.15, -0.1) is 0 Å². The zero-order chi connectivity index (χ0) is 24.6. The summed E-state index contributed by atoms with van der Waals surface area (Å²) in [7, 11) is 4.82. The number of benzene rings is 2. The number of methoxy groups -OCH3 is 3. The van der Waals surface area contributed by atoms with Gasteiger partial charge in [-0.25, -0.2) is 0 Å². The van der Waals surface area contributed by atoms with Gasteiger partial charge in [0.1, 0.15) is 0 Å². The van der Waals surface area contributed by atoms with Crippen LogP contribution in [0.2, 0.25) is 4.82 Å². The van der Waals surface area contributed by atoms with Crippen LogP contribution in [0.4, 0.5) is 5.69 Å². The Morgan fingerprint density at radius 1 is 1.09 bits per heavy atom. The molecular formula is C28H35N2O4Se+. The van der Waals surface area contributed by atoms with E-state index < -0.39 is 0 Å². The molecule has 2 aliphatic heterocycles. The van der Waals surface area contributed by atoms with Gasteiger partial charge in [0, 0.05) is 0 Å². The molecule has 6 nitrogen and oxygen atoms in total. The number of carbonyl (C=O) groups is 1. The molecule has 1 saturated carbocycles. The second-order valence-electron chi connectivity index (χ2n) is 10.00. The number of nitrogens with zero attached hydrogens (tertiary/aromatic N) is 1. The first-order valence-corrected chi connectivity index (χ1v) is 14.2. The molecule has 3 aliphatic rings. The van der Waals surface area contributed by atoms with E-state index in [-0.39, 0.29) is 11.4 Å². The van der Waals surface area contributed by atoms with Crippen molar-refractivity contribution in [2.75, 3.05) is 40.2 Å². The van der Waals surface area contributed by atoms with Gasteiger partial charge in [0.25, 0.3) is 0 Å². The van der Waals surface area contributed by atoms with Crippen molar-refractivity contribution in [2.45, 2.75) is 42.8 Å². The Bertz CT molecular complexity index is 1140. The number of esters is 1. The van der Waals surface area contributed by atoms with E-state index in [0.717, 1.165) is 55.8 Å². The third kappa shape index (κ3) is 4.45. The van der Waals surface area contributed by atoms with Gasteiger partial charge in [0.15, 0.2) is 0 Å². The Kier molecular flexibility index (Phi) is 6.82. The molecular weight excluding hydrogens is 507 g/mol. The molecule has 1 aliphatic carbocycles. The van der Waals surface area contributed by atoms with Crippen LogP contribution >= 0.6 is 0 Å². The molecule has 0 bridgehead atoms. The molecule has 0 spiro atoms. The molecule has 0 saturated heterocycles. The normalized spacial score (nSPS) is 27.3. The predicted molar refractivity (Wildman–Crippen MR) is 138 cm³/mol. The van der Waals surface area contributed by atoms with Crippen molar-refractivity contribution in [1.82, 2.24) is 0 Å². The summed E-state index contributed by atoms with van der Waals surface area (Å²) >= 11 is 0.374.